The second-order valence-corrected chi connectivity index (χ2v) is 3.00. The fourth-order valence-electron chi connectivity index (χ4n) is 1.16. The Bertz CT molecular complexity index is 471. The van der Waals surface area contributed by atoms with Gasteiger partial charge in [0.05, 0.1) is 0 Å². The summed E-state index contributed by atoms with van der Waals surface area (Å²) in [5.41, 5.74) is 0.683. The summed E-state index contributed by atoms with van der Waals surface area (Å²) in [7, 11) is 0. The van der Waals surface area contributed by atoms with Gasteiger partial charge in [-0.25, -0.2) is 9.98 Å². The van der Waals surface area contributed by atoms with Crippen molar-refractivity contribution < 1.29 is 22.2 Å². The number of aliphatic imine (C=N–C) groups is 1. The van der Waals surface area contributed by atoms with Gasteiger partial charge in [0.25, 0.3) is 0 Å². The van der Waals surface area contributed by atoms with Crippen molar-refractivity contribution in [3.05, 3.63) is 54.2 Å². The van der Waals surface area contributed by atoms with Crippen LogP contribution >= 0.6 is 0 Å². The molecule has 1 aromatic carbocycles. The Kier molecular flexibility index (Phi) is 4.70. The second-order valence-electron chi connectivity index (χ2n) is 3.00. The molecule has 0 bridgehead atoms. The number of rotatable bonds is 2. The summed E-state index contributed by atoms with van der Waals surface area (Å²) >= 11 is 0. The number of phenols is 1. The minimum absolute atomic E-state index is 0. The molecule has 1 N–H and O–H groups in total. The Morgan fingerprint density at radius 3 is 2.50 bits per heavy atom. The SMILES string of the molecule is Oc1ccccc1C=Nc1ccccn1.[Cu+2]. The normalized spacial score (nSPS) is 10.0. The minimum atomic E-state index is 0. The number of nitrogens with zero attached hydrogens (tertiary/aromatic N) is 2. The largest absolute Gasteiger partial charge is 2.00 e. The quantitative estimate of drug-likeness (QED) is 0.667. The molecule has 0 atom stereocenters. The molecular formula is C12H10CuN2O+2. The predicted octanol–water partition coefficient (Wildman–Crippen LogP) is 2.54. The number of aromatic nitrogens is 1. The summed E-state index contributed by atoms with van der Waals surface area (Å²) in [4.78, 5) is 8.19. The average Bonchev–Trinajstić information content (AvgIpc) is 2.29. The topological polar surface area (TPSA) is 45.5 Å². The van der Waals surface area contributed by atoms with E-state index < -0.39 is 0 Å². The molecule has 0 aliphatic rings. The van der Waals surface area contributed by atoms with Gasteiger partial charge < -0.3 is 5.11 Å². The summed E-state index contributed by atoms with van der Waals surface area (Å²) in [6.07, 6.45) is 3.27. The first kappa shape index (κ1) is 12.4. The first-order valence-corrected chi connectivity index (χ1v) is 4.59. The molecular weight excluding hydrogens is 252 g/mol. The number of para-hydroxylation sites is 1. The van der Waals surface area contributed by atoms with E-state index >= 15 is 0 Å². The van der Waals surface area contributed by atoms with Crippen molar-refractivity contribution in [3.8, 4) is 5.75 Å². The van der Waals surface area contributed by atoms with Gasteiger partial charge >= 0.3 is 17.1 Å². The summed E-state index contributed by atoms with van der Waals surface area (Å²) in [6, 6.07) is 12.5. The van der Waals surface area contributed by atoms with E-state index in [1.165, 1.54) is 0 Å². The first-order valence-electron chi connectivity index (χ1n) is 4.59. The maximum absolute atomic E-state index is 9.48. The fourth-order valence-corrected chi connectivity index (χ4v) is 1.16. The fraction of sp³-hybridized carbons (Fsp3) is 0. The van der Waals surface area contributed by atoms with Crippen molar-refractivity contribution in [2.24, 2.45) is 4.99 Å². The van der Waals surface area contributed by atoms with Crippen LogP contribution in [0.3, 0.4) is 0 Å². The molecule has 2 rings (SSSR count). The van der Waals surface area contributed by atoms with Crippen molar-refractivity contribution in [3.63, 3.8) is 0 Å². The van der Waals surface area contributed by atoms with E-state index in [1.54, 1.807) is 36.7 Å². The Morgan fingerprint density at radius 2 is 1.81 bits per heavy atom. The smallest absolute Gasteiger partial charge is 0.507 e. The average molecular weight is 262 g/mol. The Labute approximate surface area is 104 Å². The van der Waals surface area contributed by atoms with Crippen LogP contribution in [-0.2, 0) is 17.1 Å². The molecule has 1 heterocycles. The zero-order valence-electron chi connectivity index (χ0n) is 8.34. The second kappa shape index (κ2) is 6.05. The van der Waals surface area contributed by atoms with Crippen molar-refractivity contribution in [1.29, 1.82) is 0 Å². The molecule has 0 saturated heterocycles. The van der Waals surface area contributed by atoms with Crippen LogP contribution in [0.5, 0.6) is 5.75 Å². The molecule has 0 aliphatic heterocycles. The number of aromatic hydroxyl groups is 1. The van der Waals surface area contributed by atoms with Crippen molar-refractivity contribution in [2.45, 2.75) is 0 Å². The maximum Gasteiger partial charge on any atom is 2.00 e. The van der Waals surface area contributed by atoms with E-state index in [4.69, 9.17) is 0 Å². The van der Waals surface area contributed by atoms with Crippen LogP contribution < -0.4 is 0 Å². The van der Waals surface area contributed by atoms with Gasteiger partial charge in [-0.15, -0.1) is 0 Å². The van der Waals surface area contributed by atoms with Crippen LogP contribution in [0, 0.1) is 0 Å². The molecule has 0 fully saturated rings. The van der Waals surface area contributed by atoms with Gasteiger partial charge in [0.15, 0.2) is 5.82 Å². The summed E-state index contributed by atoms with van der Waals surface area (Å²) in [5, 5.41) is 9.48. The molecule has 16 heavy (non-hydrogen) atoms. The number of hydrogen-bond donors (Lipinski definition) is 1. The predicted molar refractivity (Wildman–Crippen MR) is 59.6 cm³/mol. The standard InChI is InChI=1S/C12H10N2O.Cu/c15-11-6-2-1-5-10(11)9-14-12-7-3-4-8-13-12;/h1-9,15H;/q;+2. The molecule has 1 radical (unpaired) electrons. The molecule has 0 spiro atoms. The van der Waals surface area contributed by atoms with Gasteiger partial charge in [0, 0.05) is 18.0 Å². The zero-order valence-corrected chi connectivity index (χ0v) is 9.28. The molecule has 1 aromatic heterocycles. The van der Waals surface area contributed by atoms with Gasteiger partial charge in [-0.3, -0.25) is 0 Å². The van der Waals surface area contributed by atoms with Crippen LogP contribution in [0.4, 0.5) is 5.82 Å². The summed E-state index contributed by atoms with van der Waals surface area (Å²) in [5.74, 6) is 0.845. The third-order valence-corrected chi connectivity index (χ3v) is 1.92. The number of pyridine rings is 1. The third-order valence-electron chi connectivity index (χ3n) is 1.92. The number of phenolic OH excluding ortho intramolecular Hbond substituents is 1. The Balaban J connectivity index is 0.00000128. The van der Waals surface area contributed by atoms with E-state index in [2.05, 4.69) is 9.98 Å². The van der Waals surface area contributed by atoms with E-state index in [9.17, 15) is 5.11 Å². The first-order chi connectivity index (χ1) is 7.36. The number of benzene rings is 1. The van der Waals surface area contributed by atoms with Crippen LogP contribution in [-0.4, -0.2) is 16.3 Å². The van der Waals surface area contributed by atoms with Crippen molar-refractivity contribution >= 4 is 12.0 Å². The van der Waals surface area contributed by atoms with Crippen LogP contribution in [0.2, 0.25) is 0 Å². The van der Waals surface area contributed by atoms with E-state index in [1.807, 2.05) is 18.2 Å². The van der Waals surface area contributed by atoms with E-state index in [0.717, 1.165) is 0 Å². The van der Waals surface area contributed by atoms with Crippen molar-refractivity contribution in [1.82, 2.24) is 4.98 Å². The Hall–Kier alpha value is -1.64. The van der Waals surface area contributed by atoms with Crippen LogP contribution in [0.25, 0.3) is 0 Å². The monoisotopic (exact) mass is 261 g/mol. The van der Waals surface area contributed by atoms with Crippen molar-refractivity contribution in [2.75, 3.05) is 0 Å². The van der Waals surface area contributed by atoms with Gasteiger partial charge in [-0.1, -0.05) is 18.2 Å². The molecule has 0 saturated carbocycles. The number of hydrogen-bond acceptors (Lipinski definition) is 3. The van der Waals surface area contributed by atoms with Gasteiger partial charge in [-0.05, 0) is 24.3 Å². The molecule has 3 nitrogen and oxygen atoms in total. The third kappa shape index (κ3) is 3.19. The zero-order chi connectivity index (χ0) is 10.5. The molecule has 2 aromatic rings. The Morgan fingerprint density at radius 1 is 1.06 bits per heavy atom. The van der Waals surface area contributed by atoms with Gasteiger partial charge in [0.1, 0.15) is 5.75 Å². The van der Waals surface area contributed by atoms with Crippen LogP contribution in [0.15, 0.2) is 53.7 Å². The van der Waals surface area contributed by atoms with E-state index in [-0.39, 0.29) is 22.8 Å². The molecule has 0 unspecified atom stereocenters. The molecule has 0 amide bonds. The summed E-state index contributed by atoms with van der Waals surface area (Å²) < 4.78 is 0. The maximum atomic E-state index is 9.48. The van der Waals surface area contributed by atoms with Crippen LogP contribution in [0.1, 0.15) is 5.56 Å². The molecule has 0 aliphatic carbocycles. The van der Waals surface area contributed by atoms with E-state index in [0.29, 0.717) is 11.4 Å². The molecule has 4 heteroatoms. The summed E-state index contributed by atoms with van der Waals surface area (Å²) in [6.45, 7) is 0. The minimum Gasteiger partial charge on any atom is -0.507 e. The van der Waals surface area contributed by atoms with Gasteiger partial charge in [-0.2, -0.15) is 0 Å². The van der Waals surface area contributed by atoms with Gasteiger partial charge in [0.2, 0.25) is 0 Å². The molecule has 83 valence electrons.